The Morgan fingerprint density at radius 2 is 1.04 bits per heavy atom. The van der Waals surface area contributed by atoms with Crippen molar-refractivity contribution in [2.45, 2.75) is 0 Å². The number of hydrogen-bond acceptors (Lipinski definition) is 4. The lowest BCUT2D eigenvalue weighted by Crippen LogP contribution is -2.53. The van der Waals surface area contributed by atoms with E-state index in [-0.39, 0.29) is 5.30 Å². The highest BCUT2D eigenvalue weighted by Gasteiger charge is 2.22. The van der Waals surface area contributed by atoms with E-state index in [1.807, 2.05) is 60.7 Å². The van der Waals surface area contributed by atoms with Crippen LogP contribution < -0.4 is 37.6 Å². The van der Waals surface area contributed by atoms with E-state index in [0.29, 0.717) is 0 Å². The molecule has 5 heteroatoms. The van der Waals surface area contributed by atoms with Gasteiger partial charge in [-0.25, -0.2) is 0 Å². The van der Waals surface area contributed by atoms with Crippen LogP contribution in [0, 0.1) is 0 Å². The summed E-state index contributed by atoms with van der Waals surface area (Å²) in [6.07, 6.45) is 0. The Morgan fingerprint density at radius 3 is 1.52 bits per heavy atom. The molecule has 0 saturated carbocycles. The first kappa shape index (κ1) is 15.2. The molecule has 0 fully saturated rings. The van der Waals surface area contributed by atoms with Gasteiger partial charge in [-0.15, -0.1) is 0 Å². The van der Waals surface area contributed by atoms with E-state index < -0.39 is 29.6 Å². The second-order valence-corrected chi connectivity index (χ2v) is 7.07. The Bertz CT molecular complexity index is 997. The molecule has 0 aliphatic heterocycles. The molecule has 0 aliphatic rings. The normalized spacial score (nSPS) is 10.8. The SMILES string of the molecule is O=c1cc(P(c2ccccc2)c2ccccc2)c(=O)c(=O)c1=O. The molecule has 0 radical (unpaired) electrons. The van der Waals surface area contributed by atoms with E-state index in [2.05, 4.69) is 0 Å². The highest BCUT2D eigenvalue weighted by molar-refractivity contribution is 7.79. The standard InChI is InChI=1S/C18H11O4P/c19-14-11-15(17(21)18(22)16(14)20)23(12-7-3-1-4-8-12)13-9-5-2-6-10-13/h1-11H. The number of hydrogen-bond donors (Lipinski definition) is 0. The van der Waals surface area contributed by atoms with Crippen LogP contribution in [0.15, 0.2) is 85.9 Å². The van der Waals surface area contributed by atoms with Gasteiger partial charge in [-0.2, -0.15) is 0 Å². The van der Waals surface area contributed by atoms with Crippen molar-refractivity contribution in [3.05, 3.63) is 108 Å². The van der Waals surface area contributed by atoms with Gasteiger partial charge in [0, 0.05) is 11.4 Å². The van der Waals surface area contributed by atoms with Gasteiger partial charge in [-0.1, -0.05) is 60.7 Å². The number of benzene rings is 3. The predicted octanol–water partition coefficient (Wildman–Crippen LogP) is -0.239. The minimum Gasteiger partial charge on any atom is -0.285 e. The molecule has 0 unspecified atom stereocenters. The molecular formula is C18H11O4P. The lowest BCUT2D eigenvalue weighted by atomic mass is 10.3. The summed E-state index contributed by atoms with van der Waals surface area (Å²) in [6.45, 7) is 0. The van der Waals surface area contributed by atoms with Crippen molar-refractivity contribution in [3.63, 3.8) is 0 Å². The first-order valence-corrected chi connectivity index (χ1v) is 8.23. The molecule has 0 atom stereocenters. The molecule has 3 rings (SSSR count). The average Bonchev–Trinajstić information content (AvgIpc) is 2.60. The van der Waals surface area contributed by atoms with Crippen molar-refractivity contribution >= 4 is 23.8 Å². The zero-order valence-electron chi connectivity index (χ0n) is 11.9. The summed E-state index contributed by atoms with van der Waals surface area (Å²) < 4.78 is 0. The van der Waals surface area contributed by atoms with Crippen molar-refractivity contribution in [3.8, 4) is 0 Å². The maximum Gasteiger partial charge on any atom is 0.277 e. The molecule has 3 aromatic rings. The molecule has 0 amide bonds. The fraction of sp³-hybridized carbons (Fsp3) is 0. The summed E-state index contributed by atoms with van der Waals surface area (Å²) in [5, 5.41) is 1.78. The van der Waals surface area contributed by atoms with Gasteiger partial charge in [0.25, 0.3) is 10.9 Å². The Labute approximate surface area is 132 Å². The minimum atomic E-state index is -1.36. The quantitative estimate of drug-likeness (QED) is 0.493. The van der Waals surface area contributed by atoms with Gasteiger partial charge < -0.3 is 0 Å². The van der Waals surface area contributed by atoms with Gasteiger partial charge >= 0.3 is 0 Å². The van der Waals surface area contributed by atoms with E-state index in [9.17, 15) is 19.2 Å². The molecule has 4 nitrogen and oxygen atoms in total. The monoisotopic (exact) mass is 322 g/mol. The average molecular weight is 322 g/mol. The summed E-state index contributed by atoms with van der Waals surface area (Å²) in [5.41, 5.74) is -4.31. The van der Waals surface area contributed by atoms with E-state index in [0.717, 1.165) is 16.7 Å². The number of rotatable bonds is 3. The molecule has 0 saturated heterocycles. The highest BCUT2D eigenvalue weighted by atomic mass is 31.1. The second-order valence-electron chi connectivity index (χ2n) is 4.89. The van der Waals surface area contributed by atoms with Gasteiger partial charge in [0.05, 0.1) is 0 Å². The summed E-state index contributed by atoms with van der Waals surface area (Å²) in [6, 6.07) is 19.4. The van der Waals surface area contributed by atoms with Crippen LogP contribution in [0.3, 0.4) is 0 Å². The van der Waals surface area contributed by atoms with Crippen LogP contribution in [0.4, 0.5) is 0 Å². The van der Waals surface area contributed by atoms with E-state index in [1.165, 1.54) is 0 Å². The predicted molar refractivity (Wildman–Crippen MR) is 92.6 cm³/mol. The minimum absolute atomic E-state index is 0.104. The smallest absolute Gasteiger partial charge is 0.277 e. The van der Waals surface area contributed by atoms with E-state index in [4.69, 9.17) is 0 Å². The van der Waals surface area contributed by atoms with Gasteiger partial charge in [-0.05, 0) is 18.5 Å². The van der Waals surface area contributed by atoms with Crippen molar-refractivity contribution in [1.29, 1.82) is 0 Å². The zero-order valence-corrected chi connectivity index (χ0v) is 12.8. The molecule has 0 aromatic heterocycles. The topological polar surface area (TPSA) is 68.3 Å². The zero-order chi connectivity index (χ0) is 16.4. The maximum absolute atomic E-state index is 12.3. The van der Waals surface area contributed by atoms with Crippen molar-refractivity contribution in [2.24, 2.45) is 0 Å². The van der Waals surface area contributed by atoms with E-state index >= 15 is 0 Å². The van der Waals surface area contributed by atoms with Crippen molar-refractivity contribution < 1.29 is 0 Å². The van der Waals surface area contributed by atoms with Gasteiger partial charge in [0.2, 0.25) is 10.9 Å². The van der Waals surface area contributed by atoms with Crippen LogP contribution in [-0.4, -0.2) is 0 Å². The summed E-state index contributed by atoms with van der Waals surface area (Å²) >= 11 is 0. The molecule has 0 N–H and O–H groups in total. The summed E-state index contributed by atoms with van der Waals surface area (Å²) in [5.74, 6) is 0. The third-order valence-electron chi connectivity index (χ3n) is 3.41. The third kappa shape index (κ3) is 2.81. The molecule has 112 valence electrons. The Balaban J connectivity index is 2.35. The summed E-state index contributed by atoms with van der Waals surface area (Å²) in [7, 11) is -1.36. The van der Waals surface area contributed by atoms with Gasteiger partial charge in [0.15, 0.2) is 0 Å². The van der Waals surface area contributed by atoms with Crippen LogP contribution in [0.25, 0.3) is 0 Å². The van der Waals surface area contributed by atoms with E-state index in [1.54, 1.807) is 0 Å². The maximum atomic E-state index is 12.3. The molecule has 0 spiro atoms. The van der Waals surface area contributed by atoms with Crippen molar-refractivity contribution in [1.82, 2.24) is 0 Å². The third-order valence-corrected chi connectivity index (χ3v) is 5.85. The first-order chi connectivity index (χ1) is 11.1. The first-order valence-electron chi connectivity index (χ1n) is 6.89. The van der Waals surface area contributed by atoms with Gasteiger partial charge in [0.1, 0.15) is 0 Å². The Kier molecular flexibility index (Phi) is 4.09. The fourth-order valence-electron chi connectivity index (χ4n) is 2.33. The lowest BCUT2D eigenvalue weighted by Gasteiger charge is -2.17. The van der Waals surface area contributed by atoms with Crippen LogP contribution in [0.2, 0.25) is 0 Å². The summed E-state index contributed by atoms with van der Waals surface area (Å²) in [4.78, 5) is 47.2. The molecular weight excluding hydrogens is 311 g/mol. The van der Waals surface area contributed by atoms with Gasteiger partial charge in [-0.3, -0.25) is 19.2 Å². The highest BCUT2D eigenvalue weighted by Crippen LogP contribution is 2.30. The second kappa shape index (κ2) is 6.19. The largest absolute Gasteiger partial charge is 0.285 e. The molecule has 0 heterocycles. The van der Waals surface area contributed by atoms with Crippen LogP contribution >= 0.6 is 7.92 Å². The molecule has 23 heavy (non-hydrogen) atoms. The fourth-order valence-corrected chi connectivity index (χ4v) is 4.68. The molecule has 3 aromatic carbocycles. The van der Waals surface area contributed by atoms with Crippen LogP contribution in [-0.2, 0) is 0 Å². The lowest BCUT2D eigenvalue weighted by molar-refractivity contribution is 1.37. The molecule has 0 bridgehead atoms. The molecule has 0 aliphatic carbocycles. The van der Waals surface area contributed by atoms with Crippen LogP contribution in [0.1, 0.15) is 0 Å². The van der Waals surface area contributed by atoms with Crippen LogP contribution in [0.5, 0.6) is 0 Å². The Hall–Kier alpha value is -2.71. The van der Waals surface area contributed by atoms with Crippen molar-refractivity contribution in [2.75, 3.05) is 0 Å². The Morgan fingerprint density at radius 1 is 0.565 bits per heavy atom.